The summed E-state index contributed by atoms with van der Waals surface area (Å²) in [5.41, 5.74) is 5.91. The van der Waals surface area contributed by atoms with Crippen LogP contribution in [0.4, 0.5) is 0 Å². The van der Waals surface area contributed by atoms with Crippen molar-refractivity contribution in [3.05, 3.63) is 0 Å². The van der Waals surface area contributed by atoms with Crippen LogP contribution in [0.25, 0.3) is 0 Å². The van der Waals surface area contributed by atoms with Crippen molar-refractivity contribution in [2.45, 2.75) is 58.9 Å². The van der Waals surface area contributed by atoms with Gasteiger partial charge in [0.15, 0.2) is 0 Å². The number of rotatable bonds is 7. The van der Waals surface area contributed by atoms with Gasteiger partial charge in [0.05, 0.1) is 0 Å². The summed E-state index contributed by atoms with van der Waals surface area (Å²) in [5, 5.41) is 0. The normalized spacial score (nSPS) is 17.6. The van der Waals surface area contributed by atoms with Crippen LogP contribution in [-0.2, 0) is 9.59 Å². The lowest BCUT2D eigenvalue weighted by Gasteiger charge is -2.33. The Balaban J connectivity index is 2.24. The maximum atomic E-state index is 12.1. The summed E-state index contributed by atoms with van der Waals surface area (Å²) >= 11 is 0. The van der Waals surface area contributed by atoms with E-state index in [0.717, 1.165) is 39.0 Å². The monoisotopic (exact) mass is 297 g/mol. The zero-order valence-corrected chi connectivity index (χ0v) is 13.8. The van der Waals surface area contributed by atoms with Crippen molar-refractivity contribution in [2.75, 3.05) is 26.2 Å². The third-order valence-corrected chi connectivity index (χ3v) is 4.53. The van der Waals surface area contributed by atoms with E-state index in [9.17, 15) is 9.59 Å². The fraction of sp³-hybridized carbons (Fsp3) is 0.875. The minimum absolute atomic E-state index is 0.156. The number of likely N-dealkylation sites (tertiary alicyclic amines) is 1. The summed E-state index contributed by atoms with van der Waals surface area (Å²) in [6, 6.07) is 0.217. The van der Waals surface area contributed by atoms with Crippen LogP contribution in [0.5, 0.6) is 0 Å². The maximum Gasteiger partial charge on any atom is 0.222 e. The molecular weight excluding hydrogens is 266 g/mol. The molecule has 0 spiro atoms. The Morgan fingerprint density at radius 2 is 1.76 bits per heavy atom. The van der Waals surface area contributed by atoms with Gasteiger partial charge in [-0.15, -0.1) is 0 Å². The standard InChI is InChI=1S/C16H31N3O2/c1-4-18(5-2)15(20)7-6-8-16(21)19-11-9-14(10-12-19)13(3)17/h13-14H,4-12,17H2,1-3H3. The van der Waals surface area contributed by atoms with E-state index < -0.39 is 0 Å². The molecule has 0 saturated carbocycles. The zero-order valence-electron chi connectivity index (χ0n) is 13.8. The van der Waals surface area contributed by atoms with Gasteiger partial charge >= 0.3 is 0 Å². The SMILES string of the molecule is CCN(CC)C(=O)CCCC(=O)N1CCC(C(C)N)CC1. The second-order valence-electron chi connectivity index (χ2n) is 6.00. The molecule has 1 fully saturated rings. The summed E-state index contributed by atoms with van der Waals surface area (Å²) in [6.45, 7) is 9.12. The minimum atomic E-state index is 0.156. The van der Waals surface area contributed by atoms with Crippen LogP contribution < -0.4 is 5.73 Å². The summed E-state index contributed by atoms with van der Waals surface area (Å²) in [4.78, 5) is 27.8. The van der Waals surface area contributed by atoms with E-state index >= 15 is 0 Å². The molecule has 2 N–H and O–H groups in total. The molecule has 0 bridgehead atoms. The lowest BCUT2D eigenvalue weighted by Crippen LogP contribution is -2.42. The highest BCUT2D eigenvalue weighted by molar-refractivity contribution is 5.79. The lowest BCUT2D eigenvalue weighted by molar-refractivity contribution is -0.133. The molecular formula is C16H31N3O2. The van der Waals surface area contributed by atoms with E-state index in [4.69, 9.17) is 5.73 Å². The maximum absolute atomic E-state index is 12.1. The van der Waals surface area contributed by atoms with E-state index in [1.54, 1.807) is 0 Å². The molecule has 2 amide bonds. The number of carbonyl (C=O) groups is 2. The van der Waals surface area contributed by atoms with Gasteiger partial charge in [-0.3, -0.25) is 9.59 Å². The van der Waals surface area contributed by atoms with Crippen LogP contribution in [0, 0.1) is 5.92 Å². The van der Waals surface area contributed by atoms with Crippen molar-refractivity contribution in [3.8, 4) is 0 Å². The van der Waals surface area contributed by atoms with Gasteiger partial charge in [0, 0.05) is 45.1 Å². The third-order valence-electron chi connectivity index (χ3n) is 4.53. The summed E-state index contributed by atoms with van der Waals surface area (Å²) in [7, 11) is 0. The van der Waals surface area contributed by atoms with Crippen LogP contribution in [0.15, 0.2) is 0 Å². The molecule has 21 heavy (non-hydrogen) atoms. The number of piperidine rings is 1. The summed E-state index contributed by atoms with van der Waals surface area (Å²) < 4.78 is 0. The van der Waals surface area contributed by atoms with Gasteiger partial charge in [-0.25, -0.2) is 0 Å². The quantitative estimate of drug-likeness (QED) is 0.776. The fourth-order valence-electron chi connectivity index (χ4n) is 2.96. The fourth-order valence-corrected chi connectivity index (χ4v) is 2.96. The predicted octanol–water partition coefficient (Wildman–Crippen LogP) is 1.61. The minimum Gasteiger partial charge on any atom is -0.343 e. The van der Waals surface area contributed by atoms with Crippen LogP contribution >= 0.6 is 0 Å². The van der Waals surface area contributed by atoms with E-state index in [-0.39, 0.29) is 17.9 Å². The van der Waals surface area contributed by atoms with Gasteiger partial charge < -0.3 is 15.5 Å². The van der Waals surface area contributed by atoms with E-state index in [1.165, 1.54) is 0 Å². The first kappa shape index (κ1) is 18.0. The van der Waals surface area contributed by atoms with Gasteiger partial charge in [-0.2, -0.15) is 0 Å². The molecule has 0 aliphatic carbocycles. The topological polar surface area (TPSA) is 66.6 Å². The summed E-state index contributed by atoms with van der Waals surface area (Å²) in [5.74, 6) is 0.882. The number of hydrogen-bond donors (Lipinski definition) is 1. The Hall–Kier alpha value is -1.10. The van der Waals surface area contributed by atoms with Crippen LogP contribution in [0.1, 0.15) is 52.9 Å². The predicted molar refractivity (Wildman–Crippen MR) is 84.7 cm³/mol. The highest BCUT2D eigenvalue weighted by atomic mass is 16.2. The van der Waals surface area contributed by atoms with Gasteiger partial charge in [0.2, 0.25) is 11.8 Å². The molecule has 1 saturated heterocycles. The average Bonchev–Trinajstić information content (AvgIpc) is 2.48. The Morgan fingerprint density at radius 1 is 1.19 bits per heavy atom. The first-order chi connectivity index (χ1) is 9.99. The molecule has 0 aromatic rings. The molecule has 122 valence electrons. The van der Waals surface area contributed by atoms with Gasteiger partial charge in [-0.1, -0.05) is 0 Å². The molecule has 1 unspecified atom stereocenters. The number of nitrogens with two attached hydrogens (primary N) is 1. The molecule has 1 atom stereocenters. The largest absolute Gasteiger partial charge is 0.343 e. The molecule has 5 nitrogen and oxygen atoms in total. The molecule has 1 aliphatic rings. The molecule has 0 aromatic heterocycles. The Morgan fingerprint density at radius 3 is 2.24 bits per heavy atom. The Labute approximate surface area is 128 Å². The Kier molecular flexibility index (Phi) is 7.72. The molecule has 5 heteroatoms. The third kappa shape index (κ3) is 5.65. The average molecular weight is 297 g/mol. The highest BCUT2D eigenvalue weighted by Crippen LogP contribution is 2.20. The van der Waals surface area contributed by atoms with Gasteiger partial charge in [0.1, 0.15) is 0 Å². The van der Waals surface area contributed by atoms with Crippen LogP contribution in [0.3, 0.4) is 0 Å². The van der Waals surface area contributed by atoms with Crippen LogP contribution in [0.2, 0.25) is 0 Å². The number of hydrogen-bond acceptors (Lipinski definition) is 3. The number of carbonyl (C=O) groups excluding carboxylic acids is 2. The second kappa shape index (κ2) is 9.03. The van der Waals surface area contributed by atoms with Crippen molar-refractivity contribution in [3.63, 3.8) is 0 Å². The van der Waals surface area contributed by atoms with E-state index in [0.29, 0.717) is 25.2 Å². The molecule has 0 radical (unpaired) electrons. The van der Waals surface area contributed by atoms with Crippen LogP contribution in [-0.4, -0.2) is 53.8 Å². The second-order valence-corrected chi connectivity index (χ2v) is 6.00. The first-order valence-corrected chi connectivity index (χ1v) is 8.30. The van der Waals surface area contributed by atoms with E-state index in [1.807, 2.05) is 30.6 Å². The Bertz CT molecular complexity index is 332. The van der Waals surface area contributed by atoms with Crippen molar-refractivity contribution >= 4 is 11.8 Å². The lowest BCUT2D eigenvalue weighted by atomic mass is 9.91. The van der Waals surface area contributed by atoms with Crippen molar-refractivity contribution in [1.82, 2.24) is 9.80 Å². The van der Waals surface area contributed by atoms with Crippen molar-refractivity contribution in [2.24, 2.45) is 11.7 Å². The summed E-state index contributed by atoms with van der Waals surface area (Å²) in [6.07, 6.45) is 3.62. The zero-order chi connectivity index (χ0) is 15.8. The van der Waals surface area contributed by atoms with E-state index in [2.05, 4.69) is 0 Å². The van der Waals surface area contributed by atoms with Crippen molar-refractivity contribution in [1.29, 1.82) is 0 Å². The molecule has 0 aromatic carbocycles. The van der Waals surface area contributed by atoms with Gasteiger partial charge in [0.25, 0.3) is 0 Å². The number of amides is 2. The van der Waals surface area contributed by atoms with Gasteiger partial charge in [-0.05, 0) is 46.0 Å². The molecule has 1 aliphatic heterocycles. The highest BCUT2D eigenvalue weighted by Gasteiger charge is 2.24. The molecule has 1 rings (SSSR count). The number of nitrogens with zero attached hydrogens (tertiary/aromatic N) is 2. The molecule has 1 heterocycles. The van der Waals surface area contributed by atoms with Crippen molar-refractivity contribution < 1.29 is 9.59 Å². The first-order valence-electron chi connectivity index (χ1n) is 8.30. The smallest absolute Gasteiger partial charge is 0.222 e.